The summed E-state index contributed by atoms with van der Waals surface area (Å²) < 4.78 is 5.67. The fourth-order valence-electron chi connectivity index (χ4n) is 1.87. The van der Waals surface area contributed by atoms with Gasteiger partial charge in [0.15, 0.2) is 0 Å². The molecule has 94 valence electrons. The summed E-state index contributed by atoms with van der Waals surface area (Å²) in [5, 5.41) is 9.43. The first-order valence-corrected chi connectivity index (χ1v) is 6.22. The van der Waals surface area contributed by atoms with Gasteiger partial charge in [0.2, 0.25) is 0 Å². The maximum Gasteiger partial charge on any atom is 0.119 e. The molecular formula is C16H18O2. The molecule has 0 aliphatic carbocycles. The fourth-order valence-corrected chi connectivity index (χ4v) is 1.87. The van der Waals surface area contributed by atoms with Crippen LogP contribution in [-0.4, -0.2) is 11.7 Å². The van der Waals surface area contributed by atoms with Crippen molar-refractivity contribution in [3.63, 3.8) is 0 Å². The van der Waals surface area contributed by atoms with Gasteiger partial charge in [-0.25, -0.2) is 0 Å². The third-order valence-electron chi connectivity index (χ3n) is 3.00. The minimum absolute atomic E-state index is 0.323. The molecule has 0 aliphatic rings. The Morgan fingerprint density at radius 1 is 1.06 bits per heavy atom. The molecule has 1 unspecified atom stereocenters. The number of ether oxygens (including phenoxy) is 1. The lowest BCUT2D eigenvalue weighted by Gasteiger charge is -2.13. The van der Waals surface area contributed by atoms with Crippen LogP contribution in [0.2, 0.25) is 0 Å². The minimum atomic E-state index is 0.323. The van der Waals surface area contributed by atoms with E-state index in [0.29, 0.717) is 18.3 Å². The van der Waals surface area contributed by atoms with Crippen molar-refractivity contribution < 1.29 is 9.84 Å². The summed E-state index contributed by atoms with van der Waals surface area (Å²) in [4.78, 5) is 0. The van der Waals surface area contributed by atoms with Gasteiger partial charge in [0, 0.05) is 0 Å². The van der Waals surface area contributed by atoms with Gasteiger partial charge < -0.3 is 9.84 Å². The van der Waals surface area contributed by atoms with Crippen LogP contribution in [0.15, 0.2) is 54.6 Å². The number of para-hydroxylation sites is 1. The predicted molar refractivity (Wildman–Crippen MR) is 73.1 cm³/mol. The van der Waals surface area contributed by atoms with E-state index in [-0.39, 0.29) is 0 Å². The Morgan fingerprint density at radius 2 is 1.83 bits per heavy atom. The molecule has 18 heavy (non-hydrogen) atoms. The molecule has 0 aliphatic heterocycles. The maximum atomic E-state index is 9.43. The number of aromatic hydroxyl groups is 1. The van der Waals surface area contributed by atoms with E-state index in [1.807, 2.05) is 48.5 Å². The lowest BCUT2D eigenvalue weighted by molar-refractivity contribution is 0.300. The summed E-state index contributed by atoms with van der Waals surface area (Å²) in [7, 11) is 0. The van der Waals surface area contributed by atoms with Crippen LogP contribution in [0.25, 0.3) is 0 Å². The van der Waals surface area contributed by atoms with Crippen LogP contribution in [0, 0.1) is 0 Å². The topological polar surface area (TPSA) is 29.5 Å². The van der Waals surface area contributed by atoms with E-state index in [2.05, 4.69) is 6.92 Å². The molecule has 2 aromatic rings. The SMILES string of the molecule is CC(CCOc1ccccc1)c1cccc(O)c1. The van der Waals surface area contributed by atoms with Crippen LogP contribution in [0.1, 0.15) is 24.8 Å². The highest BCUT2D eigenvalue weighted by molar-refractivity contribution is 5.29. The van der Waals surface area contributed by atoms with Crippen LogP contribution in [0.5, 0.6) is 11.5 Å². The van der Waals surface area contributed by atoms with E-state index >= 15 is 0 Å². The summed E-state index contributed by atoms with van der Waals surface area (Å²) >= 11 is 0. The van der Waals surface area contributed by atoms with Crippen LogP contribution in [0.3, 0.4) is 0 Å². The number of benzene rings is 2. The van der Waals surface area contributed by atoms with Crippen molar-refractivity contribution >= 4 is 0 Å². The zero-order chi connectivity index (χ0) is 12.8. The predicted octanol–water partition coefficient (Wildman–Crippen LogP) is 3.96. The summed E-state index contributed by atoms with van der Waals surface area (Å²) in [6, 6.07) is 17.2. The average Bonchev–Trinajstić information content (AvgIpc) is 2.40. The van der Waals surface area contributed by atoms with Gasteiger partial charge in [-0.1, -0.05) is 37.3 Å². The molecule has 0 aromatic heterocycles. The molecule has 2 aromatic carbocycles. The molecule has 0 amide bonds. The highest BCUT2D eigenvalue weighted by atomic mass is 16.5. The first-order valence-electron chi connectivity index (χ1n) is 6.22. The Bertz CT molecular complexity index is 479. The highest BCUT2D eigenvalue weighted by Gasteiger charge is 2.06. The van der Waals surface area contributed by atoms with E-state index in [0.717, 1.165) is 17.7 Å². The third kappa shape index (κ3) is 3.52. The van der Waals surface area contributed by atoms with E-state index in [1.54, 1.807) is 6.07 Å². The standard InChI is InChI=1S/C16H18O2/c1-13(14-6-5-7-15(17)12-14)10-11-18-16-8-3-2-4-9-16/h2-9,12-13,17H,10-11H2,1H3. The summed E-state index contributed by atoms with van der Waals surface area (Å²) in [6.45, 7) is 2.82. The Kier molecular flexibility index (Phi) is 4.24. The molecule has 0 radical (unpaired) electrons. The minimum Gasteiger partial charge on any atom is -0.508 e. The summed E-state index contributed by atoms with van der Waals surface area (Å²) in [6.07, 6.45) is 0.929. The fraction of sp³-hybridized carbons (Fsp3) is 0.250. The van der Waals surface area contributed by atoms with Gasteiger partial charge in [-0.2, -0.15) is 0 Å². The molecule has 2 heteroatoms. The van der Waals surface area contributed by atoms with E-state index < -0.39 is 0 Å². The van der Waals surface area contributed by atoms with E-state index in [4.69, 9.17) is 4.74 Å². The van der Waals surface area contributed by atoms with Crippen LogP contribution < -0.4 is 4.74 Å². The van der Waals surface area contributed by atoms with Gasteiger partial charge in [0.1, 0.15) is 11.5 Å². The molecule has 1 N–H and O–H groups in total. The normalized spacial score (nSPS) is 12.1. The second-order valence-corrected chi connectivity index (χ2v) is 4.45. The van der Waals surface area contributed by atoms with Crippen molar-refractivity contribution in [2.75, 3.05) is 6.61 Å². The third-order valence-corrected chi connectivity index (χ3v) is 3.00. The number of hydrogen-bond donors (Lipinski definition) is 1. The molecule has 0 spiro atoms. The smallest absolute Gasteiger partial charge is 0.119 e. The Balaban J connectivity index is 1.83. The second-order valence-electron chi connectivity index (χ2n) is 4.45. The number of rotatable bonds is 5. The number of phenolic OH excluding ortho intramolecular Hbond substituents is 1. The highest BCUT2D eigenvalue weighted by Crippen LogP contribution is 2.22. The van der Waals surface area contributed by atoms with Gasteiger partial charge in [-0.05, 0) is 42.2 Å². The van der Waals surface area contributed by atoms with Crippen molar-refractivity contribution in [3.05, 3.63) is 60.2 Å². The zero-order valence-electron chi connectivity index (χ0n) is 10.5. The quantitative estimate of drug-likeness (QED) is 0.859. The molecule has 2 nitrogen and oxygen atoms in total. The lowest BCUT2D eigenvalue weighted by Crippen LogP contribution is -2.03. The first kappa shape index (κ1) is 12.5. The molecule has 0 heterocycles. The molecule has 0 saturated heterocycles. The van der Waals surface area contributed by atoms with Crippen LogP contribution in [-0.2, 0) is 0 Å². The van der Waals surface area contributed by atoms with Gasteiger partial charge in [-0.3, -0.25) is 0 Å². The van der Waals surface area contributed by atoms with E-state index in [9.17, 15) is 5.11 Å². The first-order chi connectivity index (χ1) is 8.75. The van der Waals surface area contributed by atoms with Crippen molar-refractivity contribution in [1.29, 1.82) is 0 Å². The van der Waals surface area contributed by atoms with Crippen LogP contribution in [0.4, 0.5) is 0 Å². The molecule has 1 atom stereocenters. The van der Waals surface area contributed by atoms with Crippen molar-refractivity contribution in [3.8, 4) is 11.5 Å². The second kappa shape index (κ2) is 6.10. The summed E-state index contributed by atoms with van der Waals surface area (Å²) in [5.74, 6) is 1.60. The number of phenols is 1. The lowest BCUT2D eigenvalue weighted by atomic mass is 9.98. The Labute approximate surface area is 108 Å². The molecule has 0 fully saturated rings. The monoisotopic (exact) mass is 242 g/mol. The zero-order valence-corrected chi connectivity index (χ0v) is 10.5. The summed E-state index contributed by atoms with van der Waals surface area (Å²) in [5.41, 5.74) is 1.15. The van der Waals surface area contributed by atoms with Gasteiger partial charge in [-0.15, -0.1) is 0 Å². The Morgan fingerprint density at radius 3 is 2.56 bits per heavy atom. The molecule has 2 rings (SSSR count). The molecule has 0 saturated carbocycles. The van der Waals surface area contributed by atoms with Crippen molar-refractivity contribution in [1.82, 2.24) is 0 Å². The number of hydrogen-bond acceptors (Lipinski definition) is 2. The maximum absolute atomic E-state index is 9.43. The van der Waals surface area contributed by atoms with Crippen LogP contribution >= 0.6 is 0 Å². The Hall–Kier alpha value is -1.96. The van der Waals surface area contributed by atoms with Crippen molar-refractivity contribution in [2.45, 2.75) is 19.3 Å². The van der Waals surface area contributed by atoms with Crippen molar-refractivity contribution in [2.24, 2.45) is 0 Å². The van der Waals surface area contributed by atoms with Gasteiger partial charge in [0.05, 0.1) is 6.61 Å². The largest absolute Gasteiger partial charge is 0.508 e. The van der Waals surface area contributed by atoms with Gasteiger partial charge in [0.25, 0.3) is 0 Å². The van der Waals surface area contributed by atoms with E-state index in [1.165, 1.54) is 0 Å². The molecule has 0 bridgehead atoms. The average molecular weight is 242 g/mol. The molecular weight excluding hydrogens is 224 g/mol. The van der Waals surface area contributed by atoms with Gasteiger partial charge >= 0.3 is 0 Å².